The van der Waals surface area contributed by atoms with Crippen LogP contribution in [-0.2, 0) is 0 Å². The lowest BCUT2D eigenvalue weighted by Crippen LogP contribution is -2.33. The van der Waals surface area contributed by atoms with Gasteiger partial charge in [0.15, 0.2) is 0 Å². The summed E-state index contributed by atoms with van der Waals surface area (Å²) in [4.78, 5) is 13.4. The highest BCUT2D eigenvalue weighted by Crippen LogP contribution is 2.19. The van der Waals surface area contributed by atoms with Gasteiger partial charge in [0.2, 0.25) is 0 Å². The van der Waals surface area contributed by atoms with Gasteiger partial charge in [-0.2, -0.15) is 0 Å². The predicted octanol–water partition coefficient (Wildman–Crippen LogP) is 2.14. The maximum absolute atomic E-state index is 11.1. The second kappa shape index (κ2) is 5.87. The van der Waals surface area contributed by atoms with Gasteiger partial charge < -0.3 is 15.3 Å². The van der Waals surface area contributed by atoms with Crippen molar-refractivity contribution in [2.75, 3.05) is 32.0 Å². The summed E-state index contributed by atoms with van der Waals surface area (Å²) in [6, 6.07) is 7.09. The molecule has 4 nitrogen and oxygen atoms in total. The average molecular weight is 248 g/mol. The largest absolute Gasteiger partial charge is 0.478 e. The Hall–Kier alpha value is -1.55. The number of anilines is 1. The number of nitrogens with zero attached hydrogens (tertiary/aromatic N) is 1. The molecule has 0 amide bonds. The van der Waals surface area contributed by atoms with Gasteiger partial charge in [-0.25, -0.2) is 4.79 Å². The number of aromatic carboxylic acids is 1. The minimum Gasteiger partial charge on any atom is -0.478 e. The van der Waals surface area contributed by atoms with Crippen LogP contribution in [-0.4, -0.2) is 42.7 Å². The van der Waals surface area contributed by atoms with Gasteiger partial charge in [0.05, 0.1) is 5.56 Å². The second-order valence-corrected chi connectivity index (χ2v) is 4.98. The molecule has 0 saturated carbocycles. The van der Waals surface area contributed by atoms with Gasteiger partial charge in [0.25, 0.3) is 0 Å². The maximum Gasteiger partial charge on any atom is 0.337 e. The number of carboxylic acid groups (broad SMARTS) is 1. The van der Waals surface area contributed by atoms with Crippen LogP contribution < -0.4 is 5.32 Å². The van der Waals surface area contributed by atoms with Crippen LogP contribution in [0.15, 0.2) is 24.3 Å². The predicted molar refractivity (Wildman–Crippen MR) is 72.1 cm³/mol. The molecular weight excluding hydrogens is 228 g/mol. The fourth-order valence-electron chi connectivity index (χ4n) is 2.34. The zero-order valence-corrected chi connectivity index (χ0v) is 10.7. The van der Waals surface area contributed by atoms with E-state index in [9.17, 15) is 4.79 Å². The highest BCUT2D eigenvalue weighted by atomic mass is 16.4. The highest BCUT2D eigenvalue weighted by Gasteiger charge is 2.17. The molecule has 2 rings (SSSR count). The van der Waals surface area contributed by atoms with Gasteiger partial charge in [-0.05, 0) is 51.0 Å². The van der Waals surface area contributed by atoms with Crippen molar-refractivity contribution in [3.05, 3.63) is 29.8 Å². The van der Waals surface area contributed by atoms with E-state index in [1.807, 2.05) is 12.1 Å². The van der Waals surface area contributed by atoms with Gasteiger partial charge in [0, 0.05) is 12.2 Å². The zero-order valence-electron chi connectivity index (χ0n) is 10.7. The van der Waals surface area contributed by atoms with Crippen LogP contribution in [0.5, 0.6) is 0 Å². The van der Waals surface area contributed by atoms with Crippen molar-refractivity contribution in [1.82, 2.24) is 4.90 Å². The summed E-state index contributed by atoms with van der Waals surface area (Å²) in [5.74, 6) is -0.232. The normalized spacial score (nSPS) is 17.6. The van der Waals surface area contributed by atoms with Crippen LogP contribution in [0, 0.1) is 5.92 Å². The van der Waals surface area contributed by atoms with Crippen molar-refractivity contribution in [3.63, 3.8) is 0 Å². The Balaban J connectivity index is 1.92. The summed E-state index contributed by atoms with van der Waals surface area (Å²) < 4.78 is 0. The third kappa shape index (κ3) is 3.23. The van der Waals surface area contributed by atoms with E-state index in [1.165, 1.54) is 12.8 Å². The minimum absolute atomic E-state index is 0.352. The Morgan fingerprint density at radius 1 is 1.39 bits per heavy atom. The van der Waals surface area contributed by atoms with E-state index in [4.69, 9.17) is 5.11 Å². The molecule has 0 spiro atoms. The highest BCUT2D eigenvalue weighted by molar-refractivity contribution is 5.94. The van der Waals surface area contributed by atoms with Crippen molar-refractivity contribution in [2.45, 2.75) is 12.8 Å². The quantitative estimate of drug-likeness (QED) is 0.857. The van der Waals surface area contributed by atoms with E-state index >= 15 is 0 Å². The molecule has 0 aliphatic carbocycles. The standard InChI is InChI=1S/C14H20N2O2/c1-16-8-6-11(7-9-16)10-15-13-5-3-2-4-12(13)14(17)18/h2-5,11,15H,6-10H2,1H3,(H,17,18). The minimum atomic E-state index is -0.874. The van der Waals surface area contributed by atoms with Crippen molar-refractivity contribution in [2.24, 2.45) is 5.92 Å². The zero-order chi connectivity index (χ0) is 13.0. The summed E-state index contributed by atoms with van der Waals surface area (Å²) in [5, 5.41) is 12.4. The first-order valence-electron chi connectivity index (χ1n) is 6.41. The van der Waals surface area contributed by atoms with Crippen LogP contribution in [0.3, 0.4) is 0 Å². The lowest BCUT2D eigenvalue weighted by Gasteiger charge is -2.29. The topological polar surface area (TPSA) is 52.6 Å². The number of carboxylic acids is 1. The maximum atomic E-state index is 11.1. The van der Waals surface area contributed by atoms with E-state index in [2.05, 4.69) is 17.3 Å². The summed E-state index contributed by atoms with van der Waals surface area (Å²) in [5.41, 5.74) is 1.08. The fraction of sp³-hybridized carbons (Fsp3) is 0.500. The fourth-order valence-corrected chi connectivity index (χ4v) is 2.34. The third-order valence-electron chi connectivity index (χ3n) is 3.58. The van der Waals surface area contributed by atoms with Crippen molar-refractivity contribution < 1.29 is 9.90 Å². The molecule has 1 heterocycles. The van der Waals surface area contributed by atoms with Gasteiger partial charge >= 0.3 is 5.97 Å². The molecule has 0 aromatic heterocycles. The van der Waals surface area contributed by atoms with Crippen LogP contribution in [0.4, 0.5) is 5.69 Å². The van der Waals surface area contributed by atoms with Crippen LogP contribution >= 0.6 is 0 Å². The number of nitrogens with one attached hydrogen (secondary N) is 1. The van der Waals surface area contributed by atoms with Crippen LogP contribution in [0.25, 0.3) is 0 Å². The lowest BCUT2D eigenvalue weighted by atomic mass is 9.97. The van der Waals surface area contributed by atoms with Crippen LogP contribution in [0.1, 0.15) is 23.2 Å². The first kappa shape index (κ1) is 12.9. The molecule has 1 aliphatic rings. The summed E-state index contributed by atoms with van der Waals surface area (Å²) in [6.07, 6.45) is 2.36. The Bertz CT molecular complexity index is 412. The number of rotatable bonds is 4. The van der Waals surface area contributed by atoms with Gasteiger partial charge in [-0.3, -0.25) is 0 Å². The number of piperidine rings is 1. The number of likely N-dealkylation sites (tertiary alicyclic amines) is 1. The molecule has 1 saturated heterocycles. The molecule has 0 radical (unpaired) electrons. The van der Waals surface area contributed by atoms with E-state index in [-0.39, 0.29) is 0 Å². The molecule has 1 aromatic carbocycles. The van der Waals surface area contributed by atoms with E-state index in [0.717, 1.165) is 25.3 Å². The Morgan fingerprint density at radius 3 is 2.72 bits per heavy atom. The Labute approximate surface area is 108 Å². The Kier molecular flexibility index (Phi) is 4.20. The molecule has 1 aliphatic heterocycles. The molecule has 0 bridgehead atoms. The summed E-state index contributed by atoms with van der Waals surface area (Å²) in [7, 11) is 2.14. The number of hydrogen-bond donors (Lipinski definition) is 2. The van der Waals surface area contributed by atoms with Crippen molar-refractivity contribution in [3.8, 4) is 0 Å². The van der Waals surface area contributed by atoms with Gasteiger partial charge in [-0.15, -0.1) is 0 Å². The second-order valence-electron chi connectivity index (χ2n) is 4.98. The third-order valence-corrected chi connectivity index (χ3v) is 3.58. The summed E-state index contributed by atoms with van der Waals surface area (Å²) >= 11 is 0. The van der Waals surface area contributed by atoms with Crippen LogP contribution in [0.2, 0.25) is 0 Å². The molecular formula is C14H20N2O2. The molecule has 18 heavy (non-hydrogen) atoms. The SMILES string of the molecule is CN1CCC(CNc2ccccc2C(=O)O)CC1. The monoisotopic (exact) mass is 248 g/mol. The van der Waals surface area contributed by atoms with Crippen molar-refractivity contribution in [1.29, 1.82) is 0 Å². The van der Waals surface area contributed by atoms with E-state index in [1.54, 1.807) is 12.1 Å². The number of para-hydroxylation sites is 1. The number of hydrogen-bond acceptors (Lipinski definition) is 3. The molecule has 2 N–H and O–H groups in total. The molecule has 0 unspecified atom stereocenters. The Morgan fingerprint density at radius 2 is 2.06 bits per heavy atom. The number of benzene rings is 1. The average Bonchev–Trinajstić information content (AvgIpc) is 2.38. The molecule has 4 heteroatoms. The van der Waals surface area contributed by atoms with Crippen molar-refractivity contribution >= 4 is 11.7 Å². The van der Waals surface area contributed by atoms with E-state index in [0.29, 0.717) is 11.5 Å². The molecule has 0 atom stereocenters. The molecule has 1 fully saturated rings. The van der Waals surface area contributed by atoms with Gasteiger partial charge in [0.1, 0.15) is 0 Å². The van der Waals surface area contributed by atoms with E-state index < -0.39 is 5.97 Å². The first-order valence-corrected chi connectivity index (χ1v) is 6.41. The number of carbonyl (C=O) groups is 1. The summed E-state index contributed by atoms with van der Waals surface area (Å²) in [6.45, 7) is 3.12. The smallest absolute Gasteiger partial charge is 0.337 e. The molecule has 98 valence electrons. The lowest BCUT2D eigenvalue weighted by molar-refractivity contribution is 0.0698. The van der Waals surface area contributed by atoms with Gasteiger partial charge in [-0.1, -0.05) is 12.1 Å². The molecule has 1 aromatic rings. The first-order chi connectivity index (χ1) is 8.66.